The highest BCUT2D eigenvalue weighted by Crippen LogP contribution is 2.44. The van der Waals surface area contributed by atoms with Crippen molar-refractivity contribution in [1.29, 1.82) is 0 Å². The van der Waals surface area contributed by atoms with Crippen LogP contribution in [0.3, 0.4) is 0 Å². The van der Waals surface area contributed by atoms with Crippen LogP contribution in [0.2, 0.25) is 0 Å². The molecule has 1 atom stereocenters. The average molecular weight is 310 g/mol. The topological polar surface area (TPSA) is 61.4 Å². The largest absolute Gasteiger partial charge is 0.427 e. The Hall–Kier alpha value is -2.20. The molecule has 2 amide bonds. The molecular formula is C15H13F3N2O2. The molecule has 22 heavy (non-hydrogen) atoms. The minimum atomic E-state index is -4.76. The van der Waals surface area contributed by atoms with Gasteiger partial charge in [0.2, 0.25) is 5.54 Å². The second-order valence-corrected chi connectivity index (χ2v) is 5.41. The van der Waals surface area contributed by atoms with Crippen LogP contribution in [-0.4, -0.2) is 17.3 Å². The third-order valence-electron chi connectivity index (χ3n) is 3.69. The molecule has 0 spiro atoms. The highest BCUT2D eigenvalue weighted by molar-refractivity contribution is 5.94. The summed E-state index contributed by atoms with van der Waals surface area (Å²) in [7, 11) is 0. The van der Waals surface area contributed by atoms with E-state index in [0.717, 1.165) is 12.8 Å². The highest BCUT2D eigenvalue weighted by Gasteiger charge is 2.59. The number of amides is 2. The fraction of sp³-hybridized carbons (Fsp3) is 0.400. The molecule has 1 aromatic rings. The van der Waals surface area contributed by atoms with E-state index in [2.05, 4.69) is 17.2 Å². The van der Waals surface area contributed by atoms with E-state index < -0.39 is 17.7 Å². The van der Waals surface area contributed by atoms with Crippen molar-refractivity contribution >= 4 is 11.7 Å². The fourth-order valence-electron chi connectivity index (χ4n) is 2.34. The van der Waals surface area contributed by atoms with Gasteiger partial charge in [-0.2, -0.15) is 13.2 Å². The van der Waals surface area contributed by atoms with Crippen LogP contribution in [0, 0.1) is 17.8 Å². The molecule has 116 valence electrons. The minimum Gasteiger partial charge on any atom is -0.392 e. The van der Waals surface area contributed by atoms with Crippen LogP contribution >= 0.6 is 0 Å². The molecule has 7 heteroatoms. The molecule has 4 nitrogen and oxygen atoms in total. The molecule has 1 aliphatic carbocycles. The van der Waals surface area contributed by atoms with Gasteiger partial charge in [0.15, 0.2) is 0 Å². The van der Waals surface area contributed by atoms with E-state index in [4.69, 9.17) is 5.11 Å². The van der Waals surface area contributed by atoms with Crippen LogP contribution < -0.4 is 10.6 Å². The number of carbonyl (C=O) groups is 1. The molecule has 1 aromatic carbocycles. The second kappa shape index (κ2) is 4.92. The normalized spacial score (nSPS) is 23.7. The number of fused-ring (bicyclic) bond motifs is 1. The van der Waals surface area contributed by atoms with Gasteiger partial charge in [-0.15, -0.1) is 0 Å². The summed E-state index contributed by atoms with van der Waals surface area (Å²) in [6, 6.07) is 2.98. The number of halogens is 3. The van der Waals surface area contributed by atoms with E-state index in [9.17, 15) is 18.0 Å². The van der Waals surface area contributed by atoms with E-state index in [1.807, 2.05) is 5.32 Å². The molecule has 1 heterocycles. The van der Waals surface area contributed by atoms with Crippen LogP contribution in [0.1, 0.15) is 24.0 Å². The summed E-state index contributed by atoms with van der Waals surface area (Å²) < 4.78 is 41.1. The maximum absolute atomic E-state index is 13.7. The summed E-state index contributed by atoms with van der Waals surface area (Å²) in [6.45, 7) is -0.330. The highest BCUT2D eigenvalue weighted by atomic mass is 19.4. The maximum atomic E-state index is 13.7. The number of rotatable bonds is 1. The number of aliphatic hydroxyl groups is 1. The molecule has 1 fully saturated rings. The zero-order chi connectivity index (χ0) is 16.0. The van der Waals surface area contributed by atoms with Gasteiger partial charge in [0, 0.05) is 17.2 Å². The fourth-order valence-corrected chi connectivity index (χ4v) is 2.34. The Bertz CT molecular complexity index is 686. The lowest BCUT2D eigenvalue weighted by molar-refractivity contribution is -0.178. The smallest absolute Gasteiger partial charge is 0.392 e. The Morgan fingerprint density at radius 1 is 1.36 bits per heavy atom. The van der Waals surface area contributed by atoms with E-state index in [1.54, 1.807) is 0 Å². The lowest BCUT2D eigenvalue weighted by Gasteiger charge is -2.37. The lowest BCUT2D eigenvalue weighted by atomic mass is 9.85. The van der Waals surface area contributed by atoms with E-state index in [1.165, 1.54) is 18.2 Å². The predicted molar refractivity (Wildman–Crippen MR) is 72.8 cm³/mol. The summed E-state index contributed by atoms with van der Waals surface area (Å²) in [6.07, 6.45) is -3.20. The van der Waals surface area contributed by atoms with Gasteiger partial charge in [0.05, 0.1) is 6.61 Å². The molecule has 1 saturated carbocycles. The van der Waals surface area contributed by atoms with E-state index in [0.29, 0.717) is 5.56 Å². The van der Waals surface area contributed by atoms with Crippen molar-refractivity contribution in [2.24, 2.45) is 5.92 Å². The molecular weight excluding hydrogens is 297 g/mol. The number of benzene rings is 1. The summed E-state index contributed by atoms with van der Waals surface area (Å²) in [5, 5.41) is 13.4. The summed E-state index contributed by atoms with van der Waals surface area (Å²) in [5.41, 5.74) is -2.46. The van der Waals surface area contributed by atoms with Crippen molar-refractivity contribution in [3.05, 3.63) is 29.3 Å². The molecule has 1 aliphatic heterocycles. The molecule has 0 radical (unpaired) electrons. The Kier molecular flexibility index (Phi) is 3.29. The van der Waals surface area contributed by atoms with Crippen LogP contribution in [0.5, 0.6) is 0 Å². The first-order valence-corrected chi connectivity index (χ1v) is 6.78. The molecule has 3 N–H and O–H groups in total. The summed E-state index contributed by atoms with van der Waals surface area (Å²) in [4.78, 5) is 11.7. The number of nitrogens with one attached hydrogen (secondary N) is 2. The molecule has 0 saturated heterocycles. The Labute approximate surface area is 124 Å². The van der Waals surface area contributed by atoms with Crippen LogP contribution in [0.4, 0.5) is 23.7 Å². The van der Waals surface area contributed by atoms with Gasteiger partial charge in [0.25, 0.3) is 0 Å². The van der Waals surface area contributed by atoms with Gasteiger partial charge in [0.1, 0.15) is 0 Å². The number of hydrogen-bond donors (Lipinski definition) is 3. The van der Waals surface area contributed by atoms with Gasteiger partial charge >= 0.3 is 12.2 Å². The standard InChI is InChI=1S/C15H13F3N2O2/c16-15(17,18)14(6-5-9-1-2-9)11-4-3-10(8-21)7-12(11)19-13(22)20-14/h3-4,7,9,21H,1-2,8H2,(H2,19,20,22). The molecule has 1 unspecified atom stereocenters. The molecule has 0 bridgehead atoms. The van der Waals surface area contributed by atoms with Crippen molar-refractivity contribution < 1.29 is 23.1 Å². The number of alkyl halides is 3. The third-order valence-corrected chi connectivity index (χ3v) is 3.69. The van der Waals surface area contributed by atoms with Gasteiger partial charge in [-0.05, 0) is 24.5 Å². The first-order chi connectivity index (χ1) is 10.4. The van der Waals surface area contributed by atoms with Crippen LogP contribution in [-0.2, 0) is 12.1 Å². The number of anilines is 1. The van der Waals surface area contributed by atoms with Gasteiger partial charge in [-0.1, -0.05) is 24.0 Å². The maximum Gasteiger partial charge on any atom is 0.427 e. The summed E-state index contributed by atoms with van der Waals surface area (Å²) in [5.74, 6) is 4.82. The van der Waals surface area contributed by atoms with E-state index >= 15 is 0 Å². The van der Waals surface area contributed by atoms with Crippen LogP contribution in [0.25, 0.3) is 0 Å². The number of hydrogen-bond acceptors (Lipinski definition) is 2. The number of carbonyl (C=O) groups excluding carboxylic acids is 1. The third kappa shape index (κ3) is 2.40. The van der Waals surface area contributed by atoms with Gasteiger partial charge < -0.3 is 15.7 Å². The first-order valence-electron chi connectivity index (χ1n) is 6.78. The van der Waals surface area contributed by atoms with Crippen molar-refractivity contribution in [1.82, 2.24) is 5.32 Å². The average Bonchev–Trinajstić information content (AvgIpc) is 3.26. The Morgan fingerprint density at radius 3 is 2.68 bits per heavy atom. The predicted octanol–water partition coefficient (Wildman–Crippen LogP) is 2.49. The molecule has 0 aromatic heterocycles. The second-order valence-electron chi connectivity index (χ2n) is 5.41. The first kappa shape index (κ1) is 14.7. The lowest BCUT2D eigenvalue weighted by Crippen LogP contribution is -2.59. The monoisotopic (exact) mass is 310 g/mol. The van der Waals surface area contributed by atoms with Crippen molar-refractivity contribution in [3.63, 3.8) is 0 Å². The van der Waals surface area contributed by atoms with Gasteiger partial charge in [-0.3, -0.25) is 0 Å². The van der Waals surface area contributed by atoms with E-state index in [-0.39, 0.29) is 23.8 Å². The Morgan fingerprint density at radius 2 is 2.09 bits per heavy atom. The number of urea groups is 1. The summed E-state index contributed by atoms with van der Waals surface area (Å²) >= 11 is 0. The van der Waals surface area contributed by atoms with Crippen LogP contribution in [0.15, 0.2) is 18.2 Å². The van der Waals surface area contributed by atoms with Crippen molar-refractivity contribution in [2.75, 3.05) is 5.32 Å². The zero-order valence-electron chi connectivity index (χ0n) is 11.4. The minimum absolute atomic E-state index is 0.0118. The number of aliphatic hydroxyl groups excluding tert-OH is 1. The zero-order valence-corrected chi connectivity index (χ0v) is 11.4. The quantitative estimate of drug-likeness (QED) is 0.698. The van der Waals surface area contributed by atoms with Crippen molar-refractivity contribution in [3.8, 4) is 11.8 Å². The van der Waals surface area contributed by atoms with Crippen molar-refractivity contribution in [2.45, 2.75) is 31.2 Å². The molecule has 3 rings (SSSR count). The van der Waals surface area contributed by atoms with Gasteiger partial charge in [-0.25, -0.2) is 4.79 Å². The molecule has 2 aliphatic rings. The Balaban J connectivity index is 2.18. The SMILES string of the molecule is O=C1Nc2cc(CO)ccc2C(C#CC2CC2)(C(F)(F)F)N1.